The molecule has 0 aliphatic rings. The number of hydrogen-bond donors (Lipinski definition) is 0. The first-order chi connectivity index (χ1) is 7.98. The highest BCUT2D eigenvalue weighted by atomic mass is 35.5. The Morgan fingerprint density at radius 3 is 2.00 bits per heavy atom. The molecule has 88 valence electrons. The van der Waals surface area contributed by atoms with Crippen molar-refractivity contribution in [1.29, 1.82) is 0 Å². The van der Waals surface area contributed by atoms with E-state index in [9.17, 15) is 13.2 Å². The maximum absolute atomic E-state index is 12.8. The number of alkyl halides is 3. The molecule has 0 N–H and O–H groups in total. The monoisotopic (exact) mass is 256 g/mol. The van der Waals surface area contributed by atoms with Crippen LogP contribution in [0.15, 0.2) is 48.5 Å². The SMILES string of the molecule is FC(F)(F)c1ccccc1-c1ccc(Cl)cc1. The molecule has 0 aliphatic carbocycles. The van der Waals surface area contributed by atoms with E-state index in [1.807, 2.05) is 0 Å². The van der Waals surface area contributed by atoms with Gasteiger partial charge in [-0.3, -0.25) is 0 Å². The summed E-state index contributed by atoms with van der Waals surface area (Å²) < 4.78 is 38.4. The van der Waals surface area contributed by atoms with Crippen LogP contribution in [-0.2, 0) is 6.18 Å². The van der Waals surface area contributed by atoms with E-state index in [1.165, 1.54) is 12.1 Å². The quantitative estimate of drug-likeness (QED) is 0.672. The Hall–Kier alpha value is -1.48. The van der Waals surface area contributed by atoms with E-state index in [1.54, 1.807) is 30.3 Å². The van der Waals surface area contributed by atoms with Crippen molar-refractivity contribution in [3.05, 3.63) is 59.1 Å². The highest BCUT2D eigenvalue weighted by Gasteiger charge is 2.33. The third-order valence-corrected chi connectivity index (χ3v) is 2.64. The standard InChI is InChI=1S/C13H8ClF3/c14-10-7-5-9(6-8-10)11-3-1-2-4-12(11)13(15,16)17/h1-8H. The van der Waals surface area contributed by atoms with Crippen LogP contribution in [0.2, 0.25) is 5.02 Å². The zero-order valence-corrected chi connectivity index (χ0v) is 9.39. The van der Waals surface area contributed by atoms with Crippen LogP contribution in [0.25, 0.3) is 11.1 Å². The Labute approximate surface area is 102 Å². The summed E-state index contributed by atoms with van der Waals surface area (Å²) >= 11 is 5.71. The van der Waals surface area contributed by atoms with Crippen LogP contribution in [0.4, 0.5) is 13.2 Å². The van der Waals surface area contributed by atoms with Crippen molar-refractivity contribution < 1.29 is 13.2 Å². The lowest BCUT2D eigenvalue weighted by Crippen LogP contribution is -2.06. The van der Waals surface area contributed by atoms with Crippen LogP contribution in [0.5, 0.6) is 0 Å². The molecule has 0 amide bonds. The van der Waals surface area contributed by atoms with Crippen LogP contribution in [0, 0.1) is 0 Å². The first kappa shape index (κ1) is 12.0. The fourth-order valence-electron chi connectivity index (χ4n) is 1.61. The average molecular weight is 257 g/mol. The van der Waals surface area contributed by atoms with Crippen LogP contribution >= 0.6 is 11.6 Å². The summed E-state index contributed by atoms with van der Waals surface area (Å²) in [6, 6.07) is 11.8. The second-order valence-electron chi connectivity index (χ2n) is 3.55. The molecule has 0 atom stereocenters. The molecular weight excluding hydrogens is 249 g/mol. The fraction of sp³-hybridized carbons (Fsp3) is 0.0769. The molecule has 0 bridgehead atoms. The van der Waals surface area contributed by atoms with E-state index >= 15 is 0 Å². The summed E-state index contributed by atoms with van der Waals surface area (Å²) in [6.45, 7) is 0. The minimum atomic E-state index is -4.35. The summed E-state index contributed by atoms with van der Waals surface area (Å²) in [5, 5.41) is 0.498. The molecule has 0 nitrogen and oxygen atoms in total. The van der Waals surface area contributed by atoms with Crippen molar-refractivity contribution in [2.45, 2.75) is 6.18 Å². The average Bonchev–Trinajstić information content (AvgIpc) is 2.29. The van der Waals surface area contributed by atoms with Gasteiger partial charge in [-0.15, -0.1) is 0 Å². The molecule has 0 aliphatic heterocycles. The van der Waals surface area contributed by atoms with Gasteiger partial charge >= 0.3 is 6.18 Å². The lowest BCUT2D eigenvalue weighted by Gasteiger charge is -2.12. The van der Waals surface area contributed by atoms with E-state index in [2.05, 4.69) is 0 Å². The Morgan fingerprint density at radius 2 is 1.41 bits per heavy atom. The molecular formula is C13H8ClF3. The number of hydrogen-bond acceptors (Lipinski definition) is 0. The molecule has 0 aromatic heterocycles. The van der Waals surface area contributed by atoms with Crippen molar-refractivity contribution >= 4 is 11.6 Å². The van der Waals surface area contributed by atoms with Gasteiger partial charge < -0.3 is 0 Å². The summed E-state index contributed by atoms with van der Waals surface area (Å²) in [6.07, 6.45) is -4.35. The largest absolute Gasteiger partial charge is 0.417 e. The van der Waals surface area contributed by atoms with Gasteiger partial charge in [0.1, 0.15) is 0 Å². The van der Waals surface area contributed by atoms with Gasteiger partial charge in [-0.1, -0.05) is 41.9 Å². The van der Waals surface area contributed by atoms with Crippen LogP contribution in [0.3, 0.4) is 0 Å². The predicted molar refractivity (Wildman–Crippen MR) is 61.9 cm³/mol. The predicted octanol–water partition coefficient (Wildman–Crippen LogP) is 5.03. The third kappa shape index (κ3) is 2.61. The van der Waals surface area contributed by atoms with Crippen molar-refractivity contribution in [3.63, 3.8) is 0 Å². The zero-order chi connectivity index (χ0) is 12.5. The maximum atomic E-state index is 12.8. The molecule has 0 radical (unpaired) electrons. The van der Waals surface area contributed by atoms with E-state index < -0.39 is 11.7 Å². The van der Waals surface area contributed by atoms with Crippen molar-refractivity contribution in [1.82, 2.24) is 0 Å². The number of rotatable bonds is 1. The smallest absolute Gasteiger partial charge is 0.166 e. The van der Waals surface area contributed by atoms with E-state index in [-0.39, 0.29) is 5.56 Å². The number of benzene rings is 2. The number of halogens is 4. The van der Waals surface area contributed by atoms with Gasteiger partial charge in [0.2, 0.25) is 0 Å². The second kappa shape index (κ2) is 4.41. The topological polar surface area (TPSA) is 0 Å². The lowest BCUT2D eigenvalue weighted by atomic mass is 9.99. The molecule has 0 heterocycles. The van der Waals surface area contributed by atoms with Crippen LogP contribution < -0.4 is 0 Å². The first-order valence-corrected chi connectivity index (χ1v) is 5.28. The fourth-order valence-corrected chi connectivity index (χ4v) is 1.74. The van der Waals surface area contributed by atoms with E-state index in [0.29, 0.717) is 10.6 Å². The van der Waals surface area contributed by atoms with Crippen molar-refractivity contribution in [2.75, 3.05) is 0 Å². The van der Waals surface area contributed by atoms with E-state index in [0.717, 1.165) is 6.07 Å². The molecule has 17 heavy (non-hydrogen) atoms. The highest BCUT2D eigenvalue weighted by molar-refractivity contribution is 6.30. The normalized spacial score (nSPS) is 11.5. The van der Waals surface area contributed by atoms with Gasteiger partial charge in [0.05, 0.1) is 5.56 Å². The van der Waals surface area contributed by atoms with Crippen molar-refractivity contribution in [2.24, 2.45) is 0 Å². The van der Waals surface area contributed by atoms with Crippen LogP contribution in [0.1, 0.15) is 5.56 Å². The summed E-state index contributed by atoms with van der Waals surface area (Å²) in [5.41, 5.74) is 0.0290. The highest BCUT2D eigenvalue weighted by Crippen LogP contribution is 2.36. The Balaban J connectivity index is 2.56. The summed E-state index contributed by atoms with van der Waals surface area (Å²) in [7, 11) is 0. The summed E-state index contributed by atoms with van der Waals surface area (Å²) in [4.78, 5) is 0. The van der Waals surface area contributed by atoms with Gasteiger partial charge in [-0.05, 0) is 29.3 Å². The van der Waals surface area contributed by atoms with Crippen LogP contribution in [-0.4, -0.2) is 0 Å². The molecule has 4 heteroatoms. The maximum Gasteiger partial charge on any atom is 0.417 e. The lowest BCUT2D eigenvalue weighted by molar-refractivity contribution is -0.137. The molecule has 2 aromatic carbocycles. The van der Waals surface area contributed by atoms with Gasteiger partial charge in [-0.2, -0.15) is 13.2 Å². The third-order valence-electron chi connectivity index (χ3n) is 2.39. The molecule has 0 unspecified atom stereocenters. The molecule has 0 saturated carbocycles. The van der Waals surface area contributed by atoms with Gasteiger partial charge in [0.15, 0.2) is 0 Å². The molecule has 2 aromatic rings. The van der Waals surface area contributed by atoms with Crippen molar-refractivity contribution in [3.8, 4) is 11.1 Å². The van der Waals surface area contributed by atoms with E-state index in [4.69, 9.17) is 11.6 Å². The molecule has 0 spiro atoms. The van der Waals surface area contributed by atoms with Gasteiger partial charge in [0.25, 0.3) is 0 Å². The Bertz CT molecular complexity index is 515. The minimum Gasteiger partial charge on any atom is -0.166 e. The molecule has 0 saturated heterocycles. The van der Waals surface area contributed by atoms with Gasteiger partial charge in [0, 0.05) is 5.02 Å². The molecule has 0 fully saturated rings. The van der Waals surface area contributed by atoms with Gasteiger partial charge in [-0.25, -0.2) is 0 Å². The minimum absolute atomic E-state index is 0.164. The zero-order valence-electron chi connectivity index (χ0n) is 8.63. The Morgan fingerprint density at radius 1 is 0.824 bits per heavy atom. The second-order valence-corrected chi connectivity index (χ2v) is 3.99. The Kier molecular flexibility index (Phi) is 3.11. The molecule has 2 rings (SSSR count). The first-order valence-electron chi connectivity index (χ1n) is 4.90. The summed E-state index contributed by atoms with van der Waals surface area (Å²) in [5.74, 6) is 0.